The van der Waals surface area contributed by atoms with Gasteiger partial charge in [-0.25, -0.2) is 0 Å². The number of para-hydroxylation sites is 1. The Kier molecular flexibility index (Phi) is 4.18. The fraction of sp³-hybridized carbons (Fsp3) is 0.0417. The van der Waals surface area contributed by atoms with Crippen LogP contribution in [0.15, 0.2) is 79.1 Å². The first-order valence-corrected chi connectivity index (χ1v) is 9.97. The molecule has 0 aliphatic carbocycles. The molecule has 5 rings (SSSR count). The molecular formula is C24H18N2OS. The summed E-state index contributed by atoms with van der Waals surface area (Å²) in [7, 11) is 0. The summed E-state index contributed by atoms with van der Waals surface area (Å²) in [6.45, 7) is 0.823. The highest BCUT2D eigenvalue weighted by Gasteiger charge is 2.15. The van der Waals surface area contributed by atoms with Crippen molar-refractivity contribution in [3.05, 3.63) is 90.3 Å². The summed E-state index contributed by atoms with van der Waals surface area (Å²) in [6, 6.07) is 22.1. The van der Waals surface area contributed by atoms with Crippen molar-refractivity contribution < 1.29 is 5.11 Å². The standard InChI is InChI=1S/C24H18N2OS/c27-22-4-2-1-3-21(22)17-5-7-18(8-6-17)23-14-19-13-20(15-26-24(19)28-23)16-9-11-25-12-10-16/h1-14,26-27H,15H2. The van der Waals surface area contributed by atoms with Crippen LogP contribution >= 0.6 is 11.3 Å². The number of nitrogens with zero attached hydrogens (tertiary/aromatic N) is 1. The van der Waals surface area contributed by atoms with Gasteiger partial charge in [-0.1, -0.05) is 42.5 Å². The SMILES string of the molecule is Oc1ccccc1-c1ccc(-c2cc3c(s2)NCC(c2ccncc2)=C3)cc1. The van der Waals surface area contributed by atoms with Gasteiger partial charge >= 0.3 is 0 Å². The highest BCUT2D eigenvalue weighted by Crippen LogP contribution is 2.40. The molecule has 2 aromatic carbocycles. The molecule has 0 saturated carbocycles. The van der Waals surface area contributed by atoms with E-state index in [1.165, 1.54) is 32.1 Å². The molecule has 0 fully saturated rings. The van der Waals surface area contributed by atoms with E-state index >= 15 is 0 Å². The predicted molar refractivity (Wildman–Crippen MR) is 117 cm³/mol. The Morgan fingerprint density at radius 1 is 0.857 bits per heavy atom. The van der Waals surface area contributed by atoms with Crippen molar-refractivity contribution in [2.24, 2.45) is 0 Å². The maximum absolute atomic E-state index is 10.1. The maximum atomic E-state index is 10.1. The van der Waals surface area contributed by atoms with Gasteiger partial charge in [-0.2, -0.15) is 0 Å². The van der Waals surface area contributed by atoms with E-state index < -0.39 is 0 Å². The molecule has 0 radical (unpaired) electrons. The number of pyridine rings is 1. The first kappa shape index (κ1) is 16.8. The molecule has 0 unspecified atom stereocenters. The summed E-state index contributed by atoms with van der Waals surface area (Å²) in [4.78, 5) is 5.33. The van der Waals surface area contributed by atoms with Crippen molar-refractivity contribution in [1.29, 1.82) is 0 Å². The van der Waals surface area contributed by atoms with Crippen LogP contribution in [-0.2, 0) is 0 Å². The van der Waals surface area contributed by atoms with Gasteiger partial charge in [0.1, 0.15) is 5.75 Å². The van der Waals surface area contributed by atoms with Crippen molar-refractivity contribution in [3.8, 4) is 27.3 Å². The summed E-state index contributed by atoms with van der Waals surface area (Å²) in [5.74, 6) is 0.305. The largest absolute Gasteiger partial charge is 0.507 e. The van der Waals surface area contributed by atoms with E-state index in [1.807, 2.05) is 42.7 Å². The van der Waals surface area contributed by atoms with E-state index in [0.29, 0.717) is 5.75 Å². The minimum Gasteiger partial charge on any atom is -0.507 e. The highest BCUT2D eigenvalue weighted by atomic mass is 32.1. The lowest BCUT2D eigenvalue weighted by Crippen LogP contribution is -2.07. The van der Waals surface area contributed by atoms with Crippen molar-refractivity contribution >= 4 is 28.0 Å². The minimum absolute atomic E-state index is 0.305. The van der Waals surface area contributed by atoms with Crippen molar-refractivity contribution in [2.45, 2.75) is 0 Å². The molecule has 0 saturated heterocycles. The second kappa shape index (κ2) is 6.98. The molecule has 2 N–H and O–H groups in total. The lowest BCUT2D eigenvalue weighted by molar-refractivity contribution is 0.477. The number of rotatable bonds is 3. The van der Waals surface area contributed by atoms with Crippen LogP contribution in [0.3, 0.4) is 0 Å². The van der Waals surface area contributed by atoms with Gasteiger partial charge in [-0.15, -0.1) is 11.3 Å². The summed E-state index contributed by atoms with van der Waals surface area (Å²) < 4.78 is 0. The Morgan fingerprint density at radius 2 is 1.61 bits per heavy atom. The van der Waals surface area contributed by atoms with Crippen LogP contribution in [0.1, 0.15) is 11.1 Å². The molecule has 4 heteroatoms. The Balaban J connectivity index is 1.45. The topological polar surface area (TPSA) is 45.1 Å². The van der Waals surface area contributed by atoms with Gasteiger partial charge in [-0.3, -0.25) is 4.98 Å². The van der Waals surface area contributed by atoms with E-state index in [1.54, 1.807) is 17.4 Å². The third-order valence-corrected chi connectivity index (χ3v) is 6.12. The number of aromatic nitrogens is 1. The van der Waals surface area contributed by atoms with Crippen molar-refractivity contribution in [2.75, 3.05) is 11.9 Å². The van der Waals surface area contributed by atoms with Gasteiger partial charge in [-0.05, 0) is 52.6 Å². The van der Waals surface area contributed by atoms with Crippen LogP contribution in [-0.4, -0.2) is 16.6 Å². The Morgan fingerprint density at radius 3 is 2.39 bits per heavy atom. The Hall–Kier alpha value is -3.37. The molecule has 0 bridgehead atoms. The fourth-order valence-electron chi connectivity index (χ4n) is 3.49. The van der Waals surface area contributed by atoms with Crippen LogP contribution in [0.25, 0.3) is 33.2 Å². The van der Waals surface area contributed by atoms with Crippen LogP contribution in [0.5, 0.6) is 5.75 Å². The Bertz CT molecular complexity index is 1160. The van der Waals surface area contributed by atoms with Gasteiger partial charge in [0.05, 0.1) is 5.00 Å². The second-order valence-electron chi connectivity index (χ2n) is 6.75. The minimum atomic E-state index is 0.305. The van der Waals surface area contributed by atoms with Crippen molar-refractivity contribution in [3.63, 3.8) is 0 Å². The number of benzene rings is 2. The summed E-state index contributed by atoms with van der Waals surface area (Å²) >= 11 is 1.77. The number of anilines is 1. The number of nitrogens with one attached hydrogen (secondary N) is 1. The number of hydrogen-bond donors (Lipinski definition) is 2. The highest BCUT2D eigenvalue weighted by molar-refractivity contribution is 7.19. The first-order valence-electron chi connectivity index (χ1n) is 9.15. The van der Waals surface area contributed by atoms with E-state index in [4.69, 9.17) is 0 Å². The number of phenolic OH excluding ortho intramolecular Hbond substituents is 1. The van der Waals surface area contributed by atoms with Gasteiger partial charge in [0, 0.05) is 34.9 Å². The van der Waals surface area contributed by atoms with Crippen molar-refractivity contribution in [1.82, 2.24) is 4.98 Å². The maximum Gasteiger partial charge on any atom is 0.123 e. The molecule has 0 spiro atoms. The fourth-order valence-corrected chi connectivity index (χ4v) is 4.53. The number of phenols is 1. The number of aromatic hydroxyl groups is 1. The third-order valence-electron chi connectivity index (χ3n) is 4.97. The van der Waals surface area contributed by atoms with E-state index in [-0.39, 0.29) is 0 Å². The molecule has 4 aromatic rings. The number of thiophene rings is 1. The normalized spacial score (nSPS) is 12.8. The molecule has 28 heavy (non-hydrogen) atoms. The summed E-state index contributed by atoms with van der Waals surface area (Å²) in [5.41, 5.74) is 6.75. The molecule has 3 heterocycles. The van der Waals surface area contributed by atoms with E-state index in [9.17, 15) is 5.11 Å². The van der Waals surface area contributed by atoms with Crippen LogP contribution in [0.2, 0.25) is 0 Å². The molecule has 3 nitrogen and oxygen atoms in total. The number of fused-ring (bicyclic) bond motifs is 1. The Labute approximate surface area is 167 Å². The average molecular weight is 382 g/mol. The van der Waals surface area contributed by atoms with Crippen LogP contribution in [0.4, 0.5) is 5.00 Å². The van der Waals surface area contributed by atoms with E-state index in [0.717, 1.165) is 17.7 Å². The third kappa shape index (κ3) is 3.08. The lowest BCUT2D eigenvalue weighted by Gasteiger charge is -2.15. The zero-order chi connectivity index (χ0) is 18.9. The van der Waals surface area contributed by atoms with Gasteiger partial charge < -0.3 is 10.4 Å². The summed E-state index contributed by atoms with van der Waals surface area (Å²) in [5, 5.41) is 14.8. The molecular weight excluding hydrogens is 364 g/mol. The predicted octanol–water partition coefficient (Wildman–Crippen LogP) is 6.15. The smallest absolute Gasteiger partial charge is 0.123 e. The van der Waals surface area contributed by atoms with E-state index in [2.05, 4.69) is 46.7 Å². The zero-order valence-electron chi connectivity index (χ0n) is 15.1. The van der Waals surface area contributed by atoms with Gasteiger partial charge in [0.25, 0.3) is 0 Å². The molecule has 1 aliphatic rings. The van der Waals surface area contributed by atoms with Gasteiger partial charge in [0.2, 0.25) is 0 Å². The molecule has 0 atom stereocenters. The lowest BCUT2D eigenvalue weighted by atomic mass is 10.0. The number of hydrogen-bond acceptors (Lipinski definition) is 4. The summed E-state index contributed by atoms with van der Waals surface area (Å²) in [6.07, 6.45) is 5.92. The second-order valence-corrected chi connectivity index (χ2v) is 7.80. The zero-order valence-corrected chi connectivity index (χ0v) is 15.9. The average Bonchev–Trinajstić information content (AvgIpc) is 3.18. The first-order chi connectivity index (χ1) is 13.8. The quantitative estimate of drug-likeness (QED) is 0.447. The molecule has 0 amide bonds. The van der Waals surface area contributed by atoms with Gasteiger partial charge in [0.15, 0.2) is 0 Å². The van der Waals surface area contributed by atoms with Crippen LogP contribution in [0, 0.1) is 0 Å². The molecule has 1 aliphatic heterocycles. The molecule has 136 valence electrons. The monoisotopic (exact) mass is 382 g/mol. The molecule has 2 aromatic heterocycles. The van der Waals surface area contributed by atoms with Crippen LogP contribution < -0.4 is 5.32 Å².